The molecule has 1 aliphatic rings. The van der Waals surface area contributed by atoms with E-state index in [1.165, 1.54) is 5.56 Å². The van der Waals surface area contributed by atoms with Crippen LogP contribution in [0.15, 0.2) is 29.3 Å². The van der Waals surface area contributed by atoms with Gasteiger partial charge in [-0.2, -0.15) is 0 Å². The van der Waals surface area contributed by atoms with Crippen LogP contribution in [0.3, 0.4) is 0 Å². The van der Waals surface area contributed by atoms with E-state index in [0.29, 0.717) is 6.54 Å². The van der Waals surface area contributed by atoms with Crippen LogP contribution < -0.4 is 15.4 Å². The molecule has 5 nitrogen and oxygen atoms in total. The zero-order valence-electron chi connectivity index (χ0n) is 13.6. The summed E-state index contributed by atoms with van der Waals surface area (Å²) in [4.78, 5) is 4.60. The van der Waals surface area contributed by atoms with Crippen LogP contribution in [-0.2, 0) is 6.42 Å². The van der Waals surface area contributed by atoms with Crippen LogP contribution in [-0.4, -0.2) is 44.4 Å². The molecule has 0 radical (unpaired) electrons. The van der Waals surface area contributed by atoms with Gasteiger partial charge in [-0.05, 0) is 37.8 Å². The number of aliphatic imine (C=N–C) groups is 1. The minimum atomic E-state index is 0.0466. The maximum atomic E-state index is 9.36. The third kappa shape index (κ3) is 4.63. The van der Waals surface area contributed by atoms with Crippen molar-refractivity contribution in [1.82, 2.24) is 10.6 Å². The van der Waals surface area contributed by atoms with Crippen molar-refractivity contribution in [3.05, 3.63) is 29.8 Å². The summed E-state index contributed by atoms with van der Waals surface area (Å²) in [5, 5.41) is 16.0. The second-order valence-electron chi connectivity index (χ2n) is 5.84. The van der Waals surface area contributed by atoms with Crippen LogP contribution in [0.4, 0.5) is 0 Å². The lowest BCUT2D eigenvalue weighted by Crippen LogP contribution is -2.39. The van der Waals surface area contributed by atoms with Crippen LogP contribution in [0.1, 0.15) is 25.3 Å². The van der Waals surface area contributed by atoms with Crippen molar-refractivity contribution in [3.8, 4) is 5.75 Å². The summed E-state index contributed by atoms with van der Waals surface area (Å²) in [5.41, 5.74) is 1.23. The highest BCUT2D eigenvalue weighted by atomic mass is 16.5. The molecule has 22 heavy (non-hydrogen) atoms. The van der Waals surface area contributed by atoms with Gasteiger partial charge in [-0.25, -0.2) is 0 Å². The van der Waals surface area contributed by atoms with Gasteiger partial charge in [-0.15, -0.1) is 0 Å². The van der Waals surface area contributed by atoms with Gasteiger partial charge in [0.05, 0.1) is 20.3 Å². The number of aliphatic hydroxyl groups excluding tert-OH is 1. The molecule has 1 fully saturated rings. The summed E-state index contributed by atoms with van der Waals surface area (Å²) in [6, 6.07) is 8.06. The van der Waals surface area contributed by atoms with Crippen molar-refractivity contribution >= 4 is 5.96 Å². The summed E-state index contributed by atoms with van der Waals surface area (Å²) >= 11 is 0. The molecule has 5 heteroatoms. The van der Waals surface area contributed by atoms with Crippen molar-refractivity contribution < 1.29 is 9.84 Å². The standard InChI is InChI=1S/C17H27N3O2/c1-3-18-16(20-12-17(13-21)9-10-17)19-11-8-14-6-4-5-7-15(14)22-2/h4-7,21H,3,8-13H2,1-2H3,(H2,18,19,20). The molecule has 3 N–H and O–H groups in total. The molecule has 0 amide bonds. The van der Waals surface area contributed by atoms with E-state index in [9.17, 15) is 5.11 Å². The minimum absolute atomic E-state index is 0.0466. The number of aliphatic hydroxyl groups is 1. The van der Waals surface area contributed by atoms with Gasteiger partial charge >= 0.3 is 0 Å². The van der Waals surface area contributed by atoms with Crippen LogP contribution in [0.5, 0.6) is 5.75 Å². The number of ether oxygens (including phenoxy) is 1. The number of rotatable bonds is 8. The number of nitrogens with zero attached hydrogens (tertiary/aromatic N) is 1. The predicted octanol–water partition coefficient (Wildman–Crippen LogP) is 1.57. The average Bonchev–Trinajstić information content (AvgIpc) is 3.33. The molecular weight excluding hydrogens is 278 g/mol. The van der Waals surface area contributed by atoms with E-state index in [4.69, 9.17) is 4.74 Å². The fourth-order valence-electron chi connectivity index (χ4n) is 2.36. The van der Waals surface area contributed by atoms with Gasteiger partial charge in [-0.3, -0.25) is 4.99 Å². The third-order valence-electron chi connectivity index (χ3n) is 4.09. The SMILES string of the molecule is CCNC(=NCC1(CO)CC1)NCCc1ccccc1OC. The molecule has 0 aliphatic heterocycles. The number of hydrogen-bond donors (Lipinski definition) is 3. The second-order valence-corrected chi connectivity index (χ2v) is 5.84. The maximum Gasteiger partial charge on any atom is 0.191 e. The average molecular weight is 305 g/mol. The van der Waals surface area contributed by atoms with Gasteiger partial charge in [0.2, 0.25) is 0 Å². The number of para-hydroxylation sites is 1. The van der Waals surface area contributed by atoms with Crippen molar-refractivity contribution in [3.63, 3.8) is 0 Å². The van der Waals surface area contributed by atoms with E-state index >= 15 is 0 Å². The molecule has 0 heterocycles. The molecule has 1 saturated carbocycles. The Labute approximate surface area is 132 Å². The topological polar surface area (TPSA) is 65.9 Å². The Morgan fingerprint density at radius 2 is 2.09 bits per heavy atom. The van der Waals surface area contributed by atoms with Gasteiger partial charge in [0.25, 0.3) is 0 Å². The van der Waals surface area contributed by atoms with Crippen molar-refractivity contribution in [1.29, 1.82) is 0 Å². The van der Waals surface area contributed by atoms with Gasteiger partial charge < -0.3 is 20.5 Å². The number of guanidine groups is 1. The number of nitrogens with one attached hydrogen (secondary N) is 2. The highest BCUT2D eigenvalue weighted by Gasteiger charge is 2.41. The van der Waals surface area contributed by atoms with Gasteiger partial charge in [-0.1, -0.05) is 18.2 Å². The molecule has 0 unspecified atom stereocenters. The summed E-state index contributed by atoms with van der Waals surface area (Å²) in [7, 11) is 1.70. The molecule has 1 aromatic rings. The second kappa shape index (κ2) is 8.03. The number of hydrogen-bond acceptors (Lipinski definition) is 3. The molecule has 1 aliphatic carbocycles. The molecule has 2 rings (SSSR count). The van der Waals surface area contributed by atoms with Crippen LogP contribution in [0.2, 0.25) is 0 Å². The fraction of sp³-hybridized carbons (Fsp3) is 0.588. The highest BCUT2D eigenvalue weighted by molar-refractivity contribution is 5.79. The summed E-state index contributed by atoms with van der Waals surface area (Å²) < 4.78 is 5.36. The molecule has 0 atom stereocenters. The Bertz CT molecular complexity index is 498. The lowest BCUT2D eigenvalue weighted by atomic mass is 10.1. The normalized spacial score (nSPS) is 16.2. The Kier molecular flexibility index (Phi) is 6.07. The number of methoxy groups -OCH3 is 1. The molecule has 122 valence electrons. The molecule has 1 aromatic carbocycles. The van der Waals surface area contributed by atoms with Gasteiger partial charge in [0.15, 0.2) is 5.96 Å². The third-order valence-corrected chi connectivity index (χ3v) is 4.09. The van der Waals surface area contributed by atoms with E-state index in [1.807, 2.05) is 18.2 Å². The first-order valence-electron chi connectivity index (χ1n) is 7.98. The van der Waals surface area contributed by atoms with Crippen molar-refractivity contribution in [2.75, 3.05) is 33.4 Å². The lowest BCUT2D eigenvalue weighted by molar-refractivity contribution is 0.217. The smallest absolute Gasteiger partial charge is 0.191 e. The maximum absolute atomic E-state index is 9.36. The number of benzene rings is 1. The minimum Gasteiger partial charge on any atom is -0.496 e. The van der Waals surface area contributed by atoms with Gasteiger partial charge in [0, 0.05) is 18.5 Å². The first-order chi connectivity index (χ1) is 10.7. The van der Waals surface area contributed by atoms with Crippen LogP contribution in [0.25, 0.3) is 0 Å². The molecular formula is C17H27N3O2. The summed E-state index contributed by atoms with van der Waals surface area (Å²) in [5.74, 6) is 1.74. The summed E-state index contributed by atoms with van der Waals surface area (Å²) in [6.07, 6.45) is 3.03. The molecule has 0 aromatic heterocycles. The zero-order chi connectivity index (χ0) is 15.8. The van der Waals surface area contributed by atoms with E-state index in [2.05, 4.69) is 28.6 Å². The molecule has 0 saturated heterocycles. The molecule has 0 spiro atoms. The van der Waals surface area contributed by atoms with Crippen LogP contribution in [0, 0.1) is 5.41 Å². The largest absolute Gasteiger partial charge is 0.496 e. The van der Waals surface area contributed by atoms with Crippen molar-refractivity contribution in [2.45, 2.75) is 26.2 Å². The first kappa shape index (κ1) is 16.6. The molecule has 0 bridgehead atoms. The van der Waals surface area contributed by atoms with E-state index < -0.39 is 0 Å². The Hall–Kier alpha value is -1.75. The zero-order valence-corrected chi connectivity index (χ0v) is 13.6. The Morgan fingerprint density at radius 1 is 1.32 bits per heavy atom. The lowest BCUT2D eigenvalue weighted by Gasteiger charge is -2.14. The van der Waals surface area contributed by atoms with E-state index in [-0.39, 0.29) is 12.0 Å². The van der Waals surface area contributed by atoms with Crippen molar-refractivity contribution in [2.24, 2.45) is 10.4 Å². The van der Waals surface area contributed by atoms with Gasteiger partial charge in [0.1, 0.15) is 5.75 Å². The quantitative estimate of drug-likeness (QED) is 0.504. The van der Waals surface area contributed by atoms with Crippen LogP contribution >= 0.6 is 0 Å². The Morgan fingerprint density at radius 3 is 2.73 bits per heavy atom. The van der Waals surface area contributed by atoms with E-state index in [0.717, 1.165) is 44.1 Å². The Balaban J connectivity index is 1.85. The first-order valence-corrected chi connectivity index (χ1v) is 7.98. The summed E-state index contributed by atoms with van der Waals surface area (Å²) in [6.45, 7) is 4.59. The predicted molar refractivity (Wildman–Crippen MR) is 89.4 cm³/mol. The highest BCUT2D eigenvalue weighted by Crippen LogP contribution is 2.45. The monoisotopic (exact) mass is 305 g/mol. The van der Waals surface area contributed by atoms with E-state index in [1.54, 1.807) is 7.11 Å². The fourth-order valence-corrected chi connectivity index (χ4v) is 2.36.